The van der Waals surface area contributed by atoms with Gasteiger partial charge in [0.05, 0.1) is 6.54 Å². The predicted molar refractivity (Wildman–Crippen MR) is 70.7 cm³/mol. The van der Waals surface area contributed by atoms with E-state index in [0.717, 1.165) is 5.56 Å². The third kappa shape index (κ3) is 5.50. The van der Waals surface area contributed by atoms with E-state index in [-0.39, 0.29) is 11.4 Å². The fraction of sp³-hybridized carbons (Fsp3) is 0.500. The number of nitrogens with zero attached hydrogens (tertiary/aromatic N) is 1. The number of nitrogens with one attached hydrogen (secondary N) is 1. The van der Waals surface area contributed by atoms with E-state index in [0.29, 0.717) is 13.1 Å². The minimum Gasteiger partial charge on any atom is -0.340 e. The van der Waals surface area contributed by atoms with Crippen molar-refractivity contribution < 1.29 is 4.79 Å². The Morgan fingerprint density at radius 2 is 1.82 bits per heavy atom. The second-order valence-corrected chi connectivity index (χ2v) is 5.34. The van der Waals surface area contributed by atoms with Crippen molar-refractivity contribution in [1.82, 2.24) is 10.2 Å². The van der Waals surface area contributed by atoms with Crippen molar-refractivity contribution in [3.63, 3.8) is 0 Å². The average molecular weight is 234 g/mol. The summed E-state index contributed by atoms with van der Waals surface area (Å²) in [5, 5.41) is 3.20. The molecule has 0 aliphatic rings. The van der Waals surface area contributed by atoms with Gasteiger partial charge in [0.2, 0.25) is 5.91 Å². The molecule has 1 rings (SSSR count). The fourth-order valence-electron chi connectivity index (χ4n) is 1.42. The van der Waals surface area contributed by atoms with Crippen molar-refractivity contribution in [3.8, 4) is 0 Å². The first-order valence-electron chi connectivity index (χ1n) is 5.91. The lowest BCUT2D eigenvalue weighted by Gasteiger charge is -2.23. The van der Waals surface area contributed by atoms with Crippen LogP contribution >= 0.6 is 0 Å². The number of carbonyl (C=O) groups excluding carboxylic acids is 1. The largest absolute Gasteiger partial charge is 0.340 e. The first-order chi connectivity index (χ1) is 7.88. The van der Waals surface area contributed by atoms with Gasteiger partial charge >= 0.3 is 0 Å². The molecule has 0 aliphatic carbocycles. The van der Waals surface area contributed by atoms with E-state index >= 15 is 0 Å². The molecular formula is C14H22N2O. The van der Waals surface area contributed by atoms with Crippen LogP contribution in [0.2, 0.25) is 0 Å². The summed E-state index contributed by atoms with van der Waals surface area (Å²) < 4.78 is 0. The molecule has 0 atom stereocenters. The molecule has 0 unspecified atom stereocenters. The second kappa shape index (κ2) is 5.82. The molecule has 0 saturated carbocycles. The van der Waals surface area contributed by atoms with Crippen LogP contribution in [0, 0.1) is 0 Å². The molecule has 0 heterocycles. The SMILES string of the molecule is CN(Cc1ccccc1)C(=O)CNC(C)(C)C. The van der Waals surface area contributed by atoms with Crippen LogP contribution in [0.4, 0.5) is 0 Å². The van der Waals surface area contributed by atoms with Gasteiger partial charge in [-0.25, -0.2) is 0 Å². The van der Waals surface area contributed by atoms with E-state index in [1.54, 1.807) is 4.90 Å². The van der Waals surface area contributed by atoms with Crippen LogP contribution in [-0.4, -0.2) is 29.9 Å². The molecule has 94 valence electrons. The zero-order valence-electron chi connectivity index (χ0n) is 11.2. The van der Waals surface area contributed by atoms with E-state index in [9.17, 15) is 4.79 Å². The van der Waals surface area contributed by atoms with Crippen molar-refractivity contribution in [1.29, 1.82) is 0 Å². The van der Waals surface area contributed by atoms with Crippen molar-refractivity contribution in [2.45, 2.75) is 32.9 Å². The molecule has 1 N–H and O–H groups in total. The summed E-state index contributed by atoms with van der Waals surface area (Å²) in [5.74, 6) is 0.115. The Labute approximate surface area is 104 Å². The lowest BCUT2D eigenvalue weighted by Crippen LogP contribution is -2.43. The lowest BCUT2D eigenvalue weighted by atomic mass is 10.1. The van der Waals surface area contributed by atoms with Crippen molar-refractivity contribution in [2.24, 2.45) is 0 Å². The van der Waals surface area contributed by atoms with Crippen molar-refractivity contribution in [3.05, 3.63) is 35.9 Å². The van der Waals surface area contributed by atoms with E-state index in [2.05, 4.69) is 26.1 Å². The number of amides is 1. The Bertz CT molecular complexity index is 354. The van der Waals surface area contributed by atoms with Gasteiger partial charge in [-0.05, 0) is 26.3 Å². The summed E-state index contributed by atoms with van der Waals surface area (Å²) in [7, 11) is 1.83. The van der Waals surface area contributed by atoms with Gasteiger partial charge in [0.25, 0.3) is 0 Å². The summed E-state index contributed by atoms with van der Waals surface area (Å²) >= 11 is 0. The van der Waals surface area contributed by atoms with Gasteiger partial charge in [0, 0.05) is 19.1 Å². The van der Waals surface area contributed by atoms with Gasteiger partial charge in [0.15, 0.2) is 0 Å². The highest BCUT2D eigenvalue weighted by Gasteiger charge is 2.14. The normalized spacial score (nSPS) is 11.3. The molecular weight excluding hydrogens is 212 g/mol. The molecule has 0 saturated heterocycles. The standard InChI is InChI=1S/C14H22N2O/c1-14(2,3)15-10-13(17)16(4)11-12-8-6-5-7-9-12/h5-9,15H,10-11H2,1-4H3. The number of benzene rings is 1. The molecule has 0 spiro atoms. The molecule has 1 aromatic carbocycles. The van der Waals surface area contributed by atoms with Gasteiger partial charge in [-0.2, -0.15) is 0 Å². The Balaban J connectivity index is 2.43. The predicted octanol–water partition coefficient (Wildman–Crippen LogP) is 2.03. The molecule has 0 aromatic heterocycles. The third-order valence-electron chi connectivity index (χ3n) is 2.46. The summed E-state index contributed by atoms with van der Waals surface area (Å²) in [6.45, 7) is 7.20. The molecule has 0 bridgehead atoms. The molecule has 3 nitrogen and oxygen atoms in total. The highest BCUT2D eigenvalue weighted by molar-refractivity contribution is 5.78. The molecule has 17 heavy (non-hydrogen) atoms. The molecule has 0 aliphatic heterocycles. The Morgan fingerprint density at radius 3 is 2.35 bits per heavy atom. The quantitative estimate of drug-likeness (QED) is 0.864. The number of hydrogen-bond donors (Lipinski definition) is 1. The van der Waals surface area contributed by atoms with Gasteiger partial charge < -0.3 is 10.2 Å². The van der Waals surface area contributed by atoms with E-state index < -0.39 is 0 Å². The number of rotatable bonds is 4. The summed E-state index contributed by atoms with van der Waals surface area (Å²) in [4.78, 5) is 13.6. The maximum absolute atomic E-state index is 11.9. The summed E-state index contributed by atoms with van der Waals surface area (Å²) in [5.41, 5.74) is 1.13. The van der Waals surface area contributed by atoms with Crippen LogP contribution in [0.5, 0.6) is 0 Å². The highest BCUT2D eigenvalue weighted by Crippen LogP contribution is 2.03. The number of likely N-dealkylation sites (N-methyl/N-ethyl adjacent to an activating group) is 1. The average Bonchev–Trinajstić information content (AvgIpc) is 2.26. The fourth-order valence-corrected chi connectivity index (χ4v) is 1.42. The smallest absolute Gasteiger partial charge is 0.236 e. The number of carbonyl (C=O) groups is 1. The van der Waals surface area contributed by atoms with E-state index in [1.807, 2.05) is 37.4 Å². The van der Waals surface area contributed by atoms with Crippen LogP contribution in [0.25, 0.3) is 0 Å². The van der Waals surface area contributed by atoms with Crippen molar-refractivity contribution >= 4 is 5.91 Å². The minimum absolute atomic E-state index is 0.0246. The van der Waals surface area contributed by atoms with Gasteiger partial charge in [-0.3, -0.25) is 4.79 Å². The molecule has 0 fully saturated rings. The maximum Gasteiger partial charge on any atom is 0.236 e. The van der Waals surface area contributed by atoms with Gasteiger partial charge in [0.1, 0.15) is 0 Å². The minimum atomic E-state index is -0.0246. The van der Waals surface area contributed by atoms with Crippen LogP contribution < -0.4 is 5.32 Å². The third-order valence-corrected chi connectivity index (χ3v) is 2.46. The first-order valence-corrected chi connectivity index (χ1v) is 5.91. The zero-order chi connectivity index (χ0) is 12.9. The van der Waals surface area contributed by atoms with Crippen LogP contribution in [0.15, 0.2) is 30.3 Å². The second-order valence-electron chi connectivity index (χ2n) is 5.34. The van der Waals surface area contributed by atoms with Crippen LogP contribution in [-0.2, 0) is 11.3 Å². The highest BCUT2D eigenvalue weighted by atomic mass is 16.2. The van der Waals surface area contributed by atoms with Gasteiger partial charge in [-0.15, -0.1) is 0 Å². The molecule has 1 aromatic rings. The van der Waals surface area contributed by atoms with Crippen LogP contribution in [0.3, 0.4) is 0 Å². The number of hydrogen-bond acceptors (Lipinski definition) is 2. The summed E-state index contributed by atoms with van der Waals surface area (Å²) in [6, 6.07) is 10.0. The Kier molecular flexibility index (Phi) is 4.70. The van der Waals surface area contributed by atoms with Crippen molar-refractivity contribution in [2.75, 3.05) is 13.6 Å². The summed E-state index contributed by atoms with van der Waals surface area (Å²) in [6.07, 6.45) is 0. The zero-order valence-corrected chi connectivity index (χ0v) is 11.2. The van der Waals surface area contributed by atoms with Gasteiger partial charge in [-0.1, -0.05) is 30.3 Å². The molecule has 0 radical (unpaired) electrons. The maximum atomic E-state index is 11.9. The monoisotopic (exact) mass is 234 g/mol. The lowest BCUT2D eigenvalue weighted by molar-refractivity contribution is -0.129. The Hall–Kier alpha value is -1.35. The van der Waals surface area contributed by atoms with E-state index in [4.69, 9.17) is 0 Å². The molecule has 3 heteroatoms. The topological polar surface area (TPSA) is 32.3 Å². The molecule has 1 amide bonds. The first kappa shape index (κ1) is 13.7. The van der Waals surface area contributed by atoms with Crippen LogP contribution in [0.1, 0.15) is 26.3 Å². The Morgan fingerprint density at radius 1 is 1.24 bits per heavy atom. The van der Waals surface area contributed by atoms with E-state index in [1.165, 1.54) is 0 Å².